The molecule has 8 nitrogen and oxygen atoms in total. The monoisotopic (exact) mass is 336 g/mol. The van der Waals surface area contributed by atoms with Crippen molar-refractivity contribution in [3.05, 3.63) is 54.2 Å². The normalized spacial score (nSPS) is 9.88. The summed E-state index contributed by atoms with van der Waals surface area (Å²) >= 11 is 0. The fourth-order valence-electron chi connectivity index (χ4n) is 1.52. The number of hydrogen-bond acceptors (Lipinski definition) is 6. The van der Waals surface area contributed by atoms with Crippen molar-refractivity contribution in [2.75, 3.05) is 13.2 Å². The van der Waals surface area contributed by atoms with Gasteiger partial charge in [0.25, 0.3) is 5.91 Å². The van der Waals surface area contributed by atoms with Crippen molar-refractivity contribution in [2.45, 2.75) is 0 Å². The summed E-state index contributed by atoms with van der Waals surface area (Å²) in [6.45, 7) is -1.20. The van der Waals surface area contributed by atoms with Gasteiger partial charge in [0.1, 0.15) is 0 Å². The molecule has 0 radical (unpaired) electrons. The Morgan fingerprint density at radius 3 is 2.54 bits per heavy atom. The molecule has 0 spiro atoms. The van der Waals surface area contributed by atoms with Crippen LogP contribution in [-0.2, 0) is 14.3 Å². The van der Waals surface area contributed by atoms with Gasteiger partial charge in [0.2, 0.25) is 0 Å². The summed E-state index contributed by atoms with van der Waals surface area (Å²) < 4.78 is 27.6. The quantitative estimate of drug-likeness (QED) is 0.597. The number of furan rings is 1. The maximum absolute atomic E-state index is 13.3. The molecule has 0 fully saturated rings. The van der Waals surface area contributed by atoms with Crippen LogP contribution in [0.1, 0.15) is 10.6 Å². The molecule has 2 N–H and O–H groups in total. The summed E-state index contributed by atoms with van der Waals surface area (Å²) in [6, 6.07) is 8.45. The molecule has 1 aromatic carbocycles. The summed E-state index contributed by atoms with van der Waals surface area (Å²) in [5, 5.41) is 0. The number of hydrazine groups is 1. The Balaban J connectivity index is 1.65. The first-order chi connectivity index (χ1) is 11.6. The van der Waals surface area contributed by atoms with Crippen LogP contribution in [0.15, 0.2) is 47.1 Å². The maximum Gasteiger partial charge on any atom is 0.344 e. The molecular weight excluding hydrogens is 323 g/mol. The average molecular weight is 336 g/mol. The minimum Gasteiger partial charge on any atom is -0.479 e. The lowest BCUT2D eigenvalue weighted by atomic mass is 10.3. The highest BCUT2D eigenvalue weighted by Crippen LogP contribution is 2.14. The molecule has 0 atom stereocenters. The molecule has 0 aliphatic heterocycles. The number of nitrogens with one attached hydrogen (secondary N) is 2. The summed E-state index contributed by atoms with van der Waals surface area (Å²) in [4.78, 5) is 34.3. The third-order valence-corrected chi connectivity index (χ3v) is 2.61. The second-order valence-electron chi connectivity index (χ2n) is 4.36. The number of rotatable bonds is 6. The zero-order valence-corrected chi connectivity index (χ0v) is 12.3. The Bertz CT molecular complexity index is 717. The zero-order valence-electron chi connectivity index (χ0n) is 12.3. The lowest BCUT2D eigenvalue weighted by molar-refractivity contribution is -0.150. The average Bonchev–Trinajstić information content (AvgIpc) is 3.11. The van der Waals surface area contributed by atoms with E-state index in [-0.39, 0.29) is 11.5 Å². The van der Waals surface area contributed by atoms with Gasteiger partial charge in [-0.2, -0.15) is 0 Å². The van der Waals surface area contributed by atoms with E-state index in [9.17, 15) is 18.8 Å². The minimum absolute atomic E-state index is 0.00517. The van der Waals surface area contributed by atoms with Gasteiger partial charge in [0.05, 0.1) is 6.26 Å². The number of ether oxygens (including phenoxy) is 2. The van der Waals surface area contributed by atoms with E-state index in [1.807, 2.05) is 5.43 Å². The number of halogens is 1. The van der Waals surface area contributed by atoms with Gasteiger partial charge in [-0.1, -0.05) is 12.1 Å². The number of carbonyl (C=O) groups excluding carboxylic acids is 3. The number of amides is 2. The molecular formula is C15H13FN2O6. The van der Waals surface area contributed by atoms with Crippen LogP contribution in [0.2, 0.25) is 0 Å². The van der Waals surface area contributed by atoms with Gasteiger partial charge in [-0.25, -0.2) is 9.18 Å². The molecule has 0 unspecified atom stereocenters. The fourth-order valence-corrected chi connectivity index (χ4v) is 1.52. The standard InChI is InChI=1S/C15H13FN2O6/c16-10-4-1-2-5-11(10)23-9-14(20)24-8-13(19)17-18-15(21)12-6-3-7-22-12/h1-7H,8-9H2,(H,17,19)(H,18,21). The largest absolute Gasteiger partial charge is 0.479 e. The lowest BCUT2D eigenvalue weighted by Gasteiger charge is -2.08. The van der Waals surface area contributed by atoms with Gasteiger partial charge in [0.15, 0.2) is 30.5 Å². The zero-order chi connectivity index (χ0) is 17.4. The predicted molar refractivity (Wildman–Crippen MR) is 77.2 cm³/mol. The van der Waals surface area contributed by atoms with Crippen molar-refractivity contribution in [3.8, 4) is 5.75 Å². The van der Waals surface area contributed by atoms with E-state index < -0.39 is 36.8 Å². The summed E-state index contributed by atoms with van der Waals surface area (Å²) in [6.07, 6.45) is 1.30. The van der Waals surface area contributed by atoms with Crippen LogP contribution in [-0.4, -0.2) is 31.0 Å². The van der Waals surface area contributed by atoms with Crippen molar-refractivity contribution in [1.82, 2.24) is 10.9 Å². The first-order valence-corrected chi connectivity index (χ1v) is 6.72. The third-order valence-electron chi connectivity index (χ3n) is 2.61. The van der Waals surface area contributed by atoms with Crippen molar-refractivity contribution in [1.29, 1.82) is 0 Å². The highest BCUT2D eigenvalue weighted by molar-refractivity contribution is 5.93. The molecule has 0 bridgehead atoms. The lowest BCUT2D eigenvalue weighted by Crippen LogP contribution is -2.43. The first kappa shape index (κ1) is 17.0. The molecule has 1 aromatic heterocycles. The topological polar surface area (TPSA) is 107 Å². The van der Waals surface area contributed by atoms with Crippen LogP contribution in [0, 0.1) is 5.82 Å². The fraction of sp³-hybridized carbons (Fsp3) is 0.133. The van der Waals surface area contributed by atoms with E-state index in [0.29, 0.717) is 0 Å². The van der Waals surface area contributed by atoms with E-state index in [1.165, 1.54) is 36.6 Å². The number of carbonyl (C=O) groups is 3. The number of hydrogen-bond donors (Lipinski definition) is 2. The Morgan fingerprint density at radius 1 is 1.04 bits per heavy atom. The summed E-state index contributed by atoms with van der Waals surface area (Å²) in [5.41, 5.74) is 4.10. The summed E-state index contributed by atoms with van der Waals surface area (Å²) in [7, 11) is 0. The van der Waals surface area contributed by atoms with Crippen LogP contribution in [0.25, 0.3) is 0 Å². The Labute approximate surface area is 135 Å². The molecule has 126 valence electrons. The third kappa shape index (κ3) is 5.13. The molecule has 24 heavy (non-hydrogen) atoms. The van der Waals surface area contributed by atoms with E-state index in [4.69, 9.17) is 9.15 Å². The van der Waals surface area contributed by atoms with Gasteiger partial charge in [0, 0.05) is 0 Å². The highest BCUT2D eigenvalue weighted by atomic mass is 19.1. The number of esters is 1. The molecule has 2 amide bonds. The molecule has 1 heterocycles. The van der Waals surface area contributed by atoms with E-state index >= 15 is 0 Å². The van der Waals surface area contributed by atoms with Gasteiger partial charge >= 0.3 is 11.9 Å². The van der Waals surface area contributed by atoms with Gasteiger partial charge in [-0.15, -0.1) is 0 Å². The molecule has 2 rings (SSSR count). The number of para-hydroxylation sites is 1. The summed E-state index contributed by atoms with van der Waals surface area (Å²) in [5.74, 6) is -3.03. The van der Waals surface area contributed by atoms with Gasteiger partial charge < -0.3 is 13.9 Å². The van der Waals surface area contributed by atoms with E-state index in [1.54, 1.807) is 6.07 Å². The van der Waals surface area contributed by atoms with Crippen molar-refractivity contribution in [2.24, 2.45) is 0 Å². The molecule has 0 saturated carbocycles. The molecule has 9 heteroatoms. The van der Waals surface area contributed by atoms with Crippen molar-refractivity contribution >= 4 is 17.8 Å². The van der Waals surface area contributed by atoms with Crippen LogP contribution in [0.5, 0.6) is 5.75 Å². The molecule has 0 aliphatic rings. The van der Waals surface area contributed by atoms with Crippen LogP contribution >= 0.6 is 0 Å². The van der Waals surface area contributed by atoms with Crippen molar-refractivity contribution < 1.29 is 32.7 Å². The minimum atomic E-state index is -0.870. The van der Waals surface area contributed by atoms with Crippen LogP contribution in [0.4, 0.5) is 4.39 Å². The maximum atomic E-state index is 13.3. The van der Waals surface area contributed by atoms with E-state index in [0.717, 1.165) is 0 Å². The van der Waals surface area contributed by atoms with E-state index in [2.05, 4.69) is 10.2 Å². The second kappa shape index (κ2) is 8.32. The molecule has 0 aliphatic carbocycles. The van der Waals surface area contributed by atoms with Crippen LogP contribution in [0.3, 0.4) is 0 Å². The Morgan fingerprint density at radius 2 is 1.83 bits per heavy atom. The van der Waals surface area contributed by atoms with Gasteiger partial charge in [-0.05, 0) is 24.3 Å². The van der Waals surface area contributed by atoms with Gasteiger partial charge in [-0.3, -0.25) is 20.4 Å². The van der Waals surface area contributed by atoms with Crippen molar-refractivity contribution in [3.63, 3.8) is 0 Å². The second-order valence-corrected chi connectivity index (χ2v) is 4.36. The number of benzene rings is 1. The van der Waals surface area contributed by atoms with Crippen LogP contribution < -0.4 is 15.6 Å². The first-order valence-electron chi connectivity index (χ1n) is 6.72. The molecule has 2 aromatic rings. The Hall–Kier alpha value is -3.36. The smallest absolute Gasteiger partial charge is 0.344 e. The predicted octanol–water partition coefficient (Wildman–Crippen LogP) is 0.802. The SMILES string of the molecule is O=C(COC(=O)COc1ccccc1F)NNC(=O)c1ccco1. The molecule has 0 saturated heterocycles. The highest BCUT2D eigenvalue weighted by Gasteiger charge is 2.12. The Kier molecular flexibility index (Phi) is 5.89.